The van der Waals surface area contributed by atoms with Crippen molar-refractivity contribution in [1.82, 2.24) is 40.9 Å². The number of nitrogens with one attached hydrogen (secondary N) is 4. The Hall–Kier alpha value is -8.66. The number of rotatable bonds is 43. The van der Waals surface area contributed by atoms with Gasteiger partial charge in [0.25, 0.3) is 0 Å². The number of hydrogen-bond acceptors (Lipinski definition) is 20. The van der Waals surface area contributed by atoms with Crippen molar-refractivity contribution in [3.05, 3.63) is 107 Å². The zero-order chi connectivity index (χ0) is 71.8. The molecule has 1 aliphatic rings. The molecule has 1 heterocycles. The van der Waals surface area contributed by atoms with Crippen LogP contribution in [0.5, 0.6) is 0 Å². The molecule has 0 aromatic heterocycles. The first-order chi connectivity index (χ1) is 46.4. The van der Waals surface area contributed by atoms with Crippen LogP contribution in [0.4, 0.5) is 0 Å². The standard InChI is InChI=1S/C67H94N8O16.2CO2.Ga.3H/c1-72-34-36-73(38-39-75(48-65(87)88)41-40-74(37-35-72)47-64(85)86)46-55(77)21-15-33-68-60(80)23-14-12-22-58(78)52-29-27-51(28-30-52)45-69-66(89)53(42-49-16-5-2-6-17-49)44-59(79)57(43-50-18-7-3-8-19-50)71-62(82)25-13-11-20-54(76)31-32-56(67(90)91)70-61(81)24-9-4-10-26-63(83)84;2*2-1-3;;;;/h2-3,5-8,16-19,27-30,53,56-57H,4,9-15,20-26,31-48H2,1H3,(H,68,80)(H,69,89)(H,70,81)(H,71,82)(H,83,84)(H,85,86)(H,87,88)(H,90,91);;;;;;/t53-,56-,57+;;;;;;/m1....../s1. The van der Waals surface area contributed by atoms with Gasteiger partial charge in [0.2, 0.25) is 23.6 Å². The van der Waals surface area contributed by atoms with Gasteiger partial charge in [-0.15, -0.1) is 0 Å². The van der Waals surface area contributed by atoms with Gasteiger partial charge in [0.05, 0.1) is 25.7 Å². The van der Waals surface area contributed by atoms with Gasteiger partial charge in [-0.1, -0.05) is 91.3 Å². The number of unbranched alkanes of at least 4 members (excludes halogenated alkanes) is 4. The van der Waals surface area contributed by atoms with Crippen molar-refractivity contribution in [2.75, 3.05) is 85.6 Å². The predicted molar refractivity (Wildman–Crippen MR) is 359 cm³/mol. The van der Waals surface area contributed by atoms with Gasteiger partial charge in [0.15, 0.2) is 11.6 Å². The minimum atomic E-state index is -1.28. The summed E-state index contributed by atoms with van der Waals surface area (Å²) in [6, 6.07) is 23.0. The van der Waals surface area contributed by atoms with E-state index in [9.17, 15) is 72.9 Å². The number of nitrogens with zero attached hydrogens (tertiary/aromatic N) is 4. The molecule has 0 bridgehead atoms. The van der Waals surface area contributed by atoms with Gasteiger partial charge in [0, 0.05) is 135 Å². The van der Waals surface area contributed by atoms with Crippen LogP contribution in [-0.2, 0) is 91.3 Å². The van der Waals surface area contributed by atoms with Crippen LogP contribution in [0.3, 0.4) is 0 Å². The molecule has 4 rings (SSSR count). The van der Waals surface area contributed by atoms with Gasteiger partial charge in [-0.3, -0.25) is 67.4 Å². The topological polar surface area (TPSA) is 415 Å². The SMILES string of the molecule is CN1CCN(CC(=O)O)CCN(CC(=O)O)CCN(CC(=O)CCCNC(=O)CCCCC(=O)c2ccc(CNC(=O)[C@@H](CC(=O)[C@H](Cc3ccccc3)NC(=O)CCCCC(=O)CC[C@@H](NC(=O)CCCCCC(=O)O)C(=O)O)Cc3ccccc3)cc2)CC1.O=C=O.O=C=O.[GaH3]. The zero-order valence-electron chi connectivity index (χ0n) is 55.3. The van der Waals surface area contributed by atoms with Crippen LogP contribution in [0.15, 0.2) is 84.9 Å². The second kappa shape index (κ2) is 52.5. The van der Waals surface area contributed by atoms with Crippen LogP contribution in [0.1, 0.15) is 143 Å². The summed E-state index contributed by atoms with van der Waals surface area (Å²) in [6.45, 7) is 4.25. The number of carboxylic acids is 4. The Morgan fingerprint density at radius 2 is 0.898 bits per heavy atom. The first kappa shape index (κ1) is 87.3. The van der Waals surface area contributed by atoms with E-state index in [2.05, 4.69) is 26.2 Å². The van der Waals surface area contributed by atoms with E-state index in [0.29, 0.717) is 116 Å². The number of ketones is 4. The maximum atomic E-state index is 14.3. The summed E-state index contributed by atoms with van der Waals surface area (Å²) in [4.78, 5) is 191. The molecule has 3 aromatic rings. The number of carboxylic acid groups (broad SMARTS) is 4. The normalized spacial score (nSPS) is 13.8. The molecule has 29 heteroatoms. The first-order valence-corrected chi connectivity index (χ1v) is 32.6. The molecule has 0 aliphatic carbocycles. The Morgan fingerprint density at radius 1 is 0.449 bits per heavy atom. The first-order valence-electron chi connectivity index (χ1n) is 32.6. The van der Waals surface area contributed by atoms with E-state index < -0.39 is 53.7 Å². The molecule has 0 unspecified atom stereocenters. The fraction of sp³-hybridized carbons (Fsp3) is 0.536. The van der Waals surface area contributed by atoms with Gasteiger partial charge < -0.3 is 46.6 Å². The van der Waals surface area contributed by atoms with Crippen LogP contribution in [-0.4, -0.2) is 240 Å². The monoisotopic (exact) mass is 1430 g/mol. The molecule has 0 saturated carbocycles. The number of carbonyl (C=O) groups is 12. The van der Waals surface area contributed by atoms with Crippen molar-refractivity contribution >= 4 is 103 Å². The summed E-state index contributed by atoms with van der Waals surface area (Å²) in [6.07, 6.45) is 4.64. The number of amides is 4. The number of hydrogen-bond donors (Lipinski definition) is 8. The predicted octanol–water partition coefficient (Wildman–Crippen LogP) is 2.24. The third kappa shape index (κ3) is 42.1. The van der Waals surface area contributed by atoms with Crippen LogP contribution in [0.2, 0.25) is 0 Å². The van der Waals surface area contributed by atoms with Crippen molar-refractivity contribution in [2.45, 2.75) is 147 Å². The molecule has 3 atom stereocenters. The average molecular weight is 1430 g/mol. The number of Topliss-reactive ketones (excluding diaryl/α,β-unsaturated/α-hetero) is 4. The Kier molecular flexibility index (Phi) is 46.8. The van der Waals surface area contributed by atoms with Crippen LogP contribution in [0, 0.1) is 5.92 Å². The number of benzene rings is 3. The molecule has 1 aliphatic heterocycles. The quantitative estimate of drug-likeness (QED) is 0.0229. The van der Waals surface area contributed by atoms with E-state index >= 15 is 0 Å². The summed E-state index contributed by atoms with van der Waals surface area (Å²) >= 11 is 0. The third-order valence-electron chi connectivity index (χ3n) is 15.8. The van der Waals surface area contributed by atoms with Crippen LogP contribution in [0.25, 0.3) is 0 Å². The summed E-state index contributed by atoms with van der Waals surface area (Å²) in [5.74, 6) is -7.09. The summed E-state index contributed by atoms with van der Waals surface area (Å²) in [7, 11) is 1.94. The van der Waals surface area contributed by atoms with E-state index in [1.54, 1.807) is 34.1 Å². The van der Waals surface area contributed by atoms with Crippen molar-refractivity contribution in [1.29, 1.82) is 0 Å². The van der Waals surface area contributed by atoms with E-state index in [1.807, 2.05) is 72.6 Å². The van der Waals surface area contributed by atoms with Gasteiger partial charge >= 0.3 is 56.0 Å². The van der Waals surface area contributed by atoms with Gasteiger partial charge in [0.1, 0.15) is 17.6 Å². The molecular weight excluding hydrogens is 1330 g/mol. The second-order valence-corrected chi connectivity index (χ2v) is 23.7. The summed E-state index contributed by atoms with van der Waals surface area (Å²) in [5, 5.41) is 48.3. The molecule has 8 N–H and O–H groups in total. The third-order valence-corrected chi connectivity index (χ3v) is 15.8. The van der Waals surface area contributed by atoms with Crippen LogP contribution >= 0.6 is 0 Å². The van der Waals surface area contributed by atoms with Crippen molar-refractivity contribution < 1.29 is 97.1 Å². The average Bonchev–Trinajstić information content (AvgIpc) is 1.11. The fourth-order valence-electron chi connectivity index (χ4n) is 10.5. The van der Waals surface area contributed by atoms with E-state index in [1.165, 1.54) is 0 Å². The molecule has 536 valence electrons. The molecule has 4 amide bonds. The maximum absolute atomic E-state index is 14.3. The molecule has 3 aromatic carbocycles. The van der Waals surface area contributed by atoms with E-state index in [4.69, 9.17) is 24.3 Å². The molecule has 98 heavy (non-hydrogen) atoms. The Bertz CT molecular complexity index is 3030. The summed E-state index contributed by atoms with van der Waals surface area (Å²) < 4.78 is 0. The molecule has 28 nitrogen and oxygen atoms in total. The van der Waals surface area contributed by atoms with Crippen molar-refractivity contribution in [2.24, 2.45) is 5.92 Å². The number of aliphatic carboxylic acids is 4. The Balaban J connectivity index is 0.00000660. The number of likely N-dealkylation sites (N-methyl/N-ethyl adjacent to an activating group) is 1. The van der Waals surface area contributed by atoms with E-state index in [0.717, 1.165) is 16.7 Å². The molecular formula is C69H97GaN8O20. The van der Waals surface area contributed by atoms with Crippen molar-refractivity contribution in [3.8, 4) is 0 Å². The molecule has 1 fully saturated rings. The van der Waals surface area contributed by atoms with Gasteiger partial charge in [-0.05, 0) is 87.9 Å². The summed E-state index contributed by atoms with van der Waals surface area (Å²) in [5.41, 5.74) is 2.82. The van der Waals surface area contributed by atoms with Gasteiger partial charge in [-0.2, -0.15) is 19.2 Å². The second-order valence-electron chi connectivity index (χ2n) is 23.7. The molecule has 0 spiro atoms. The zero-order valence-corrected chi connectivity index (χ0v) is 55.3. The Labute approximate surface area is 583 Å². The van der Waals surface area contributed by atoms with E-state index in [-0.39, 0.29) is 170 Å². The van der Waals surface area contributed by atoms with Gasteiger partial charge in [-0.25, -0.2) is 4.79 Å². The minimum absolute atomic E-state index is 0. The number of carbonyl (C=O) groups excluding carboxylic acids is 12. The Morgan fingerprint density at radius 3 is 1.42 bits per heavy atom. The fourth-order valence-corrected chi connectivity index (χ4v) is 10.5. The van der Waals surface area contributed by atoms with Crippen LogP contribution < -0.4 is 21.3 Å². The van der Waals surface area contributed by atoms with Crippen molar-refractivity contribution in [3.63, 3.8) is 0 Å². The molecule has 1 saturated heterocycles. The molecule has 0 radical (unpaired) electrons.